The second-order valence-electron chi connectivity index (χ2n) is 5.15. The van der Waals surface area contributed by atoms with Crippen molar-refractivity contribution in [3.05, 3.63) is 40.5 Å². The summed E-state index contributed by atoms with van der Waals surface area (Å²) in [6, 6.07) is 4.89. The third-order valence-corrected chi connectivity index (χ3v) is 3.97. The van der Waals surface area contributed by atoms with Crippen molar-refractivity contribution in [2.45, 2.75) is 32.6 Å². The standard InChI is InChI=1S/C15H19N/c1-10-3-4-12-7-13-5-6-16-9-11(2)15(13)8-14(10)12/h3,7-8,11,16H,4-6,9H2,1-2H3. The fraction of sp³-hybridized carbons (Fsp3) is 0.467. The van der Waals surface area contributed by atoms with Crippen molar-refractivity contribution in [1.29, 1.82) is 0 Å². The molecule has 0 spiro atoms. The Bertz CT molecular complexity index is 457. The molecule has 0 bridgehead atoms. The second-order valence-corrected chi connectivity index (χ2v) is 5.15. The Kier molecular flexibility index (Phi) is 2.36. The molecule has 0 saturated carbocycles. The zero-order valence-electron chi connectivity index (χ0n) is 10.1. The van der Waals surface area contributed by atoms with Gasteiger partial charge in [-0.2, -0.15) is 0 Å². The molecule has 0 fully saturated rings. The summed E-state index contributed by atoms with van der Waals surface area (Å²) in [5, 5.41) is 3.52. The molecule has 1 N–H and O–H groups in total. The summed E-state index contributed by atoms with van der Waals surface area (Å²) in [5.74, 6) is 0.649. The van der Waals surface area contributed by atoms with Crippen molar-refractivity contribution >= 4 is 5.57 Å². The van der Waals surface area contributed by atoms with Crippen LogP contribution in [-0.4, -0.2) is 13.1 Å². The molecule has 0 amide bonds. The highest BCUT2D eigenvalue weighted by Gasteiger charge is 2.19. The van der Waals surface area contributed by atoms with Crippen LogP contribution in [0.4, 0.5) is 0 Å². The van der Waals surface area contributed by atoms with Gasteiger partial charge >= 0.3 is 0 Å². The number of hydrogen-bond acceptors (Lipinski definition) is 1. The first-order valence-corrected chi connectivity index (χ1v) is 6.29. The lowest BCUT2D eigenvalue weighted by atomic mass is 9.90. The summed E-state index contributed by atoms with van der Waals surface area (Å²) in [6.07, 6.45) is 4.68. The molecule has 3 rings (SSSR count). The Balaban J connectivity index is 2.13. The van der Waals surface area contributed by atoms with Crippen molar-refractivity contribution < 1.29 is 0 Å². The van der Waals surface area contributed by atoms with E-state index in [0.29, 0.717) is 5.92 Å². The van der Waals surface area contributed by atoms with Crippen LogP contribution in [0.1, 0.15) is 42.0 Å². The van der Waals surface area contributed by atoms with Crippen LogP contribution in [0.15, 0.2) is 18.2 Å². The third-order valence-electron chi connectivity index (χ3n) is 3.97. The molecule has 1 atom stereocenters. The Labute approximate surface area is 97.6 Å². The molecule has 1 nitrogen and oxygen atoms in total. The molecule has 1 aliphatic heterocycles. The molecule has 2 aliphatic rings. The van der Waals surface area contributed by atoms with Crippen molar-refractivity contribution in [3.63, 3.8) is 0 Å². The Morgan fingerprint density at radius 1 is 1.25 bits per heavy atom. The van der Waals surface area contributed by atoms with Crippen LogP contribution in [0.5, 0.6) is 0 Å². The van der Waals surface area contributed by atoms with E-state index in [9.17, 15) is 0 Å². The quantitative estimate of drug-likeness (QED) is 0.698. The maximum atomic E-state index is 3.52. The van der Waals surface area contributed by atoms with Gasteiger partial charge in [0.1, 0.15) is 0 Å². The van der Waals surface area contributed by atoms with Gasteiger partial charge in [-0.25, -0.2) is 0 Å². The Morgan fingerprint density at radius 2 is 2.12 bits per heavy atom. The minimum Gasteiger partial charge on any atom is -0.316 e. The van der Waals surface area contributed by atoms with Crippen LogP contribution >= 0.6 is 0 Å². The van der Waals surface area contributed by atoms with Crippen LogP contribution in [0.25, 0.3) is 5.57 Å². The van der Waals surface area contributed by atoms with Crippen LogP contribution in [0, 0.1) is 0 Å². The van der Waals surface area contributed by atoms with E-state index >= 15 is 0 Å². The van der Waals surface area contributed by atoms with E-state index < -0.39 is 0 Å². The molecule has 1 heteroatoms. The van der Waals surface area contributed by atoms with Gasteiger partial charge < -0.3 is 5.32 Å². The number of allylic oxidation sites excluding steroid dienone is 2. The number of nitrogens with one attached hydrogen (secondary N) is 1. The molecule has 1 heterocycles. The van der Waals surface area contributed by atoms with E-state index in [4.69, 9.17) is 0 Å². The summed E-state index contributed by atoms with van der Waals surface area (Å²) in [5.41, 5.74) is 7.62. The zero-order valence-corrected chi connectivity index (χ0v) is 10.1. The van der Waals surface area contributed by atoms with Gasteiger partial charge in [0.15, 0.2) is 0 Å². The first-order chi connectivity index (χ1) is 7.75. The zero-order chi connectivity index (χ0) is 11.1. The molecule has 0 saturated heterocycles. The van der Waals surface area contributed by atoms with Gasteiger partial charge in [-0.05, 0) is 60.1 Å². The summed E-state index contributed by atoms with van der Waals surface area (Å²) < 4.78 is 0. The van der Waals surface area contributed by atoms with Crippen LogP contribution in [-0.2, 0) is 12.8 Å². The normalized spacial score (nSPS) is 23.4. The minimum absolute atomic E-state index is 0.649. The molecule has 1 aromatic rings. The van der Waals surface area contributed by atoms with Crippen LogP contribution in [0.2, 0.25) is 0 Å². The van der Waals surface area contributed by atoms with Gasteiger partial charge in [0.05, 0.1) is 0 Å². The van der Waals surface area contributed by atoms with Gasteiger partial charge in [-0.15, -0.1) is 0 Å². The molecule has 1 aromatic carbocycles. The van der Waals surface area contributed by atoms with Crippen molar-refractivity contribution in [3.8, 4) is 0 Å². The molecule has 16 heavy (non-hydrogen) atoms. The van der Waals surface area contributed by atoms with Crippen molar-refractivity contribution in [2.75, 3.05) is 13.1 Å². The lowest BCUT2D eigenvalue weighted by Crippen LogP contribution is -2.18. The molecular weight excluding hydrogens is 194 g/mol. The molecular formula is C15H19N. The van der Waals surface area contributed by atoms with Crippen molar-refractivity contribution in [2.24, 2.45) is 0 Å². The van der Waals surface area contributed by atoms with Gasteiger partial charge in [0, 0.05) is 6.54 Å². The SMILES string of the molecule is CC1=CCc2cc3c(cc21)C(C)CNCC3. The predicted molar refractivity (Wildman–Crippen MR) is 68.8 cm³/mol. The number of benzene rings is 1. The highest BCUT2D eigenvalue weighted by molar-refractivity contribution is 5.72. The minimum atomic E-state index is 0.649. The van der Waals surface area contributed by atoms with E-state index in [2.05, 4.69) is 37.4 Å². The third kappa shape index (κ3) is 1.51. The smallest absolute Gasteiger partial charge is 0.00177 e. The van der Waals surface area contributed by atoms with Crippen LogP contribution in [0.3, 0.4) is 0 Å². The summed E-state index contributed by atoms with van der Waals surface area (Å²) in [7, 11) is 0. The van der Waals surface area contributed by atoms with Gasteiger partial charge in [0.25, 0.3) is 0 Å². The fourth-order valence-corrected chi connectivity index (χ4v) is 2.95. The maximum Gasteiger partial charge on any atom is 0.00177 e. The summed E-state index contributed by atoms with van der Waals surface area (Å²) in [6.45, 7) is 6.81. The number of rotatable bonds is 0. The van der Waals surface area contributed by atoms with E-state index in [1.807, 2.05) is 0 Å². The van der Waals surface area contributed by atoms with Gasteiger partial charge in [-0.1, -0.05) is 25.1 Å². The lowest BCUT2D eigenvalue weighted by Gasteiger charge is -2.15. The van der Waals surface area contributed by atoms with Gasteiger partial charge in [-0.3, -0.25) is 0 Å². The highest BCUT2D eigenvalue weighted by Crippen LogP contribution is 2.33. The molecule has 84 valence electrons. The first kappa shape index (κ1) is 10.1. The second kappa shape index (κ2) is 3.74. The molecule has 1 aliphatic carbocycles. The topological polar surface area (TPSA) is 12.0 Å². The Hall–Kier alpha value is -1.08. The highest BCUT2D eigenvalue weighted by atomic mass is 14.9. The lowest BCUT2D eigenvalue weighted by molar-refractivity contribution is 0.644. The largest absolute Gasteiger partial charge is 0.316 e. The first-order valence-electron chi connectivity index (χ1n) is 6.29. The Morgan fingerprint density at radius 3 is 3.00 bits per heavy atom. The van der Waals surface area contributed by atoms with Gasteiger partial charge in [0.2, 0.25) is 0 Å². The maximum absolute atomic E-state index is 3.52. The average molecular weight is 213 g/mol. The van der Waals surface area contributed by atoms with E-state index in [1.54, 1.807) is 11.1 Å². The molecule has 0 aromatic heterocycles. The van der Waals surface area contributed by atoms with E-state index in [1.165, 1.54) is 23.1 Å². The van der Waals surface area contributed by atoms with E-state index in [0.717, 1.165) is 19.5 Å². The monoisotopic (exact) mass is 213 g/mol. The molecule has 1 unspecified atom stereocenters. The average Bonchev–Trinajstić information content (AvgIpc) is 2.53. The van der Waals surface area contributed by atoms with Crippen molar-refractivity contribution in [1.82, 2.24) is 5.32 Å². The van der Waals surface area contributed by atoms with E-state index in [-0.39, 0.29) is 0 Å². The van der Waals surface area contributed by atoms with Crippen LogP contribution < -0.4 is 5.32 Å². The number of hydrogen-bond donors (Lipinski definition) is 1. The predicted octanol–water partition coefficient (Wildman–Crippen LogP) is 2.90. The summed E-state index contributed by atoms with van der Waals surface area (Å²) >= 11 is 0. The fourth-order valence-electron chi connectivity index (χ4n) is 2.95. The summed E-state index contributed by atoms with van der Waals surface area (Å²) in [4.78, 5) is 0. The molecule has 0 radical (unpaired) electrons. The number of fused-ring (bicyclic) bond motifs is 2.